The molecule has 0 fully saturated rings. The molecule has 1 aromatic rings. The standard InChI is InChI=1S/C7H9N2/c1-6-3-2-4-7(5-8)9-6/h2-4H,1,5,8H2. The second-order valence-corrected chi connectivity index (χ2v) is 1.82. The second kappa shape index (κ2) is 2.60. The van der Waals surface area contributed by atoms with Gasteiger partial charge in [-0.05, 0) is 19.1 Å². The summed E-state index contributed by atoms with van der Waals surface area (Å²) in [5.74, 6) is 0. The van der Waals surface area contributed by atoms with Gasteiger partial charge in [-0.1, -0.05) is 6.07 Å². The molecule has 1 radical (unpaired) electrons. The van der Waals surface area contributed by atoms with Gasteiger partial charge in [-0.25, -0.2) is 0 Å². The summed E-state index contributed by atoms with van der Waals surface area (Å²) in [6.45, 7) is 4.15. The van der Waals surface area contributed by atoms with E-state index in [-0.39, 0.29) is 0 Å². The zero-order chi connectivity index (χ0) is 6.69. The molecule has 0 unspecified atom stereocenters. The van der Waals surface area contributed by atoms with Crippen LogP contribution in [0.2, 0.25) is 0 Å². The Kier molecular flexibility index (Phi) is 1.80. The predicted molar refractivity (Wildman–Crippen MR) is 36.6 cm³/mol. The Hall–Kier alpha value is -0.890. The molecule has 2 heteroatoms. The zero-order valence-electron chi connectivity index (χ0n) is 5.17. The van der Waals surface area contributed by atoms with Gasteiger partial charge in [0.2, 0.25) is 0 Å². The van der Waals surface area contributed by atoms with E-state index in [1.807, 2.05) is 18.2 Å². The Balaban J connectivity index is 2.94. The Morgan fingerprint density at radius 1 is 1.56 bits per heavy atom. The molecule has 0 spiro atoms. The fourth-order valence-electron chi connectivity index (χ4n) is 0.643. The van der Waals surface area contributed by atoms with Crippen molar-refractivity contribution in [2.24, 2.45) is 5.73 Å². The van der Waals surface area contributed by atoms with Gasteiger partial charge in [-0.15, -0.1) is 0 Å². The first-order valence-electron chi connectivity index (χ1n) is 2.81. The van der Waals surface area contributed by atoms with E-state index in [9.17, 15) is 0 Å². The molecule has 0 aliphatic heterocycles. The molecule has 0 saturated heterocycles. The van der Waals surface area contributed by atoms with Crippen LogP contribution in [0.5, 0.6) is 0 Å². The highest BCUT2D eigenvalue weighted by Gasteiger charge is 1.87. The summed E-state index contributed by atoms with van der Waals surface area (Å²) in [5, 5.41) is 0. The molecule has 0 atom stereocenters. The van der Waals surface area contributed by atoms with Gasteiger partial charge in [0.05, 0.1) is 5.69 Å². The lowest BCUT2D eigenvalue weighted by molar-refractivity contribution is 0.981. The van der Waals surface area contributed by atoms with Crippen LogP contribution in [0.3, 0.4) is 0 Å². The first kappa shape index (κ1) is 6.23. The quantitative estimate of drug-likeness (QED) is 0.594. The average molecular weight is 121 g/mol. The van der Waals surface area contributed by atoms with Crippen molar-refractivity contribution in [1.29, 1.82) is 0 Å². The second-order valence-electron chi connectivity index (χ2n) is 1.82. The normalized spacial score (nSPS) is 9.56. The van der Waals surface area contributed by atoms with Crippen LogP contribution < -0.4 is 5.73 Å². The van der Waals surface area contributed by atoms with Crippen molar-refractivity contribution >= 4 is 0 Å². The van der Waals surface area contributed by atoms with Gasteiger partial charge in [-0.2, -0.15) is 0 Å². The molecule has 0 aliphatic rings. The monoisotopic (exact) mass is 121 g/mol. The van der Waals surface area contributed by atoms with Crippen molar-refractivity contribution in [2.75, 3.05) is 0 Å². The Labute approximate surface area is 54.7 Å². The SMILES string of the molecule is [CH2]c1cccc(CN)n1. The number of aromatic nitrogens is 1. The highest BCUT2D eigenvalue weighted by Crippen LogP contribution is 1.95. The van der Waals surface area contributed by atoms with Gasteiger partial charge in [0.15, 0.2) is 0 Å². The van der Waals surface area contributed by atoms with E-state index in [0.29, 0.717) is 6.54 Å². The van der Waals surface area contributed by atoms with E-state index in [2.05, 4.69) is 11.9 Å². The summed E-state index contributed by atoms with van der Waals surface area (Å²) < 4.78 is 0. The number of pyridine rings is 1. The van der Waals surface area contributed by atoms with Gasteiger partial charge in [0.25, 0.3) is 0 Å². The summed E-state index contributed by atoms with van der Waals surface area (Å²) in [4.78, 5) is 4.06. The molecule has 0 bridgehead atoms. The number of hydrogen-bond donors (Lipinski definition) is 1. The summed E-state index contributed by atoms with van der Waals surface area (Å²) in [6, 6.07) is 5.63. The molecular weight excluding hydrogens is 112 g/mol. The molecule has 9 heavy (non-hydrogen) atoms. The van der Waals surface area contributed by atoms with Crippen molar-refractivity contribution in [3.05, 3.63) is 36.5 Å². The Morgan fingerprint density at radius 3 is 2.78 bits per heavy atom. The van der Waals surface area contributed by atoms with Gasteiger partial charge >= 0.3 is 0 Å². The molecule has 2 N–H and O–H groups in total. The van der Waals surface area contributed by atoms with Crippen LogP contribution in [-0.4, -0.2) is 4.98 Å². The topological polar surface area (TPSA) is 38.9 Å². The largest absolute Gasteiger partial charge is 0.325 e. The fraction of sp³-hybridized carbons (Fsp3) is 0.143. The average Bonchev–Trinajstić information content (AvgIpc) is 1.88. The molecule has 0 aliphatic carbocycles. The van der Waals surface area contributed by atoms with Crippen LogP contribution in [0.25, 0.3) is 0 Å². The van der Waals surface area contributed by atoms with Gasteiger partial charge in [0, 0.05) is 12.2 Å². The maximum atomic E-state index is 5.33. The van der Waals surface area contributed by atoms with E-state index in [1.165, 1.54) is 0 Å². The smallest absolute Gasteiger partial charge is 0.0542 e. The van der Waals surface area contributed by atoms with E-state index < -0.39 is 0 Å². The number of nitrogens with two attached hydrogens (primary N) is 1. The minimum atomic E-state index is 0.489. The molecular formula is C7H9N2. The summed E-state index contributed by atoms with van der Waals surface area (Å²) in [6.07, 6.45) is 0. The van der Waals surface area contributed by atoms with Gasteiger partial charge < -0.3 is 5.73 Å². The van der Waals surface area contributed by atoms with E-state index in [1.54, 1.807) is 0 Å². The van der Waals surface area contributed by atoms with Crippen molar-refractivity contribution in [1.82, 2.24) is 4.98 Å². The van der Waals surface area contributed by atoms with Crippen LogP contribution in [0.4, 0.5) is 0 Å². The fourth-order valence-corrected chi connectivity index (χ4v) is 0.643. The predicted octanol–water partition coefficient (Wildman–Crippen LogP) is 0.722. The number of rotatable bonds is 1. The highest BCUT2D eigenvalue weighted by atomic mass is 14.7. The van der Waals surface area contributed by atoms with Crippen LogP contribution >= 0.6 is 0 Å². The molecule has 1 heterocycles. The first-order valence-corrected chi connectivity index (χ1v) is 2.81. The van der Waals surface area contributed by atoms with Crippen LogP contribution in [0.1, 0.15) is 11.4 Å². The molecule has 2 nitrogen and oxygen atoms in total. The van der Waals surface area contributed by atoms with Crippen molar-refractivity contribution in [3.8, 4) is 0 Å². The first-order chi connectivity index (χ1) is 4.33. The van der Waals surface area contributed by atoms with Crippen molar-refractivity contribution in [2.45, 2.75) is 6.54 Å². The van der Waals surface area contributed by atoms with Crippen molar-refractivity contribution in [3.63, 3.8) is 0 Å². The van der Waals surface area contributed by atoms with E-state index >= 15 is 0 Å². The molecule has 0 aromatic carbocycles. The lowest BCUT2D eigenvalue weighted by Gasteiger charge is -1.94. The molecule has 0 amide bonds. The Morgan fingerprint density at radius 2 is 2.33 bits per heavy atom. The minimum absolute atomic E-state index is 0.489. The zero-order valence-corrected chi connectivity index (χ0v) is 5.17. The molecule has 1 rings (SSSR count). The van der Waals surface area contributed by atoms with Crippen molar-refractivity contribution < 1.29 is 0 Å². The lowest BCUT2D eigenvalue weighted by Crippen LogP contribution is -1.99. The molecule has 47 valence electrons. The van der Waals surface area contributed by atoms with Crippen LogP contribution in [0.15, 0.2) is 18.2 Å². The minimum Gasteiger partial charge on any atom is -0.325 e. The summed E-state index contributed by atoms with van der Waals surface area (Å²) in [7, 11) is 0. The summed E-state index contributed by atoms with van der Waals surface area (Å²) in [5.41, 5.74) is 7.00. The lowest BCUT2D eigenvalue weighted by atomic mass is 10.3. The third kappa shape index (κ3) is 1.50. The summed E-state index contributed by atoms with van der Waals surface area (Å²) >= 11 is 0. The maximum Gasteiger partial charge on any atom is 0.0542 e. The van der Waals surface area contributed by atoms with E-state index in [0.717, 1.165) is 11.4 Å². The van der Waals surface area contributed by atoms with E-state index in [4.69, 9.17) is 5.73 Å². The van der Waals surface area contributed by atoms with Crippen LogP contribution in [0, 0.1) is 6.92 Å². The number of nitrogens with zero attached hydrogens (tertiary/aromatic N) is 1. The van der Waals surface area contributed by atoms with Gasteiger partial charge in [-0.3, -0.25) is 4.98 Å². The Bertz CT molecular complexity index is 196. The third-order valence-electron chi connectivity index (χ3n) is 1.07. The highest BCUT2D eigenvalue weighted by molar-refractivity contribution is 5.12. The van der Waals surface area contributed by atoms with Gasteiger partial charge in [0.1, 0.15) is 0 Å². The maximum absolute atomic E-state index is 5.33. The number of hydrogen-bond acceptors (Lipinski definition) is 2. The molecule has 1 aromatic heterocycles. The third-order valence-corrected chi connectivity index (χ3v) is 1.07. The van der Waals surface area contributed by atoms with Crippen LogP contribution in [-0.2, 0) is 6.54 Å². The molecule has 0 saturated carbocycles.